The van der Waals surface area contributed by atoms with Crippen LogP contribution in [0.4, 0.5) is 17.3 Å². The van der Waals surface area contributed by atoms with Crippen LogP contribution in [-0.4, -0.2) is 28.4 Å². The van der Waals surface area contributed by atoms with Gasteiger partial charge < -0.3 is 22.9 Å². The molecule has 27 heavy (non-hydrogen) atoms. The average Bonchev–Trinajstić information content (AvgIpc) is 2.59. The molecule has 0 aliphatic carbocycles. The van der Waals surface area contributed by atoms with E-state index < -0.39 is 5.91 Å². The Bertz CT molecular complexity index is 811. The molecule has 146 valence electrons. The second kappa shape index (κ2) is 10.4. The number of aromatic nitrogens is 2. The maximum atomic E-state index is 12.1. The summed E-state index contributed by atoms with van der Waals surface area (Å²) in [4.78, 5) is 23.7. The summed E-state index contributed by atoms with van der Waals surface area (Å²) in [5.41, 5.74) is 24.2. The summed E-state index contributed by atoms with van der Waals surface area (Å²) in [5.74, 6) is -0.874. The highest BCUT2D eigenvalue weighted by Gasteiger charge is 2.16. The third-order valence-corrected chi connectivity index (χ3v) is 3.78. The zero-order chi connectivity index (χ0) is 19.1. The first-order chi connectivity index (χ1) is 12.4. The van der Waals surface area contributed by atoms with E-state index in [4.69, 9.17) is 34.5 Å². The minimum atomic E-state index is -0.653. The van der Waals surface area contributed by atoms with Crippen molar-refractivity contribution in [2.24, 2.45) is 10.7 Å². The number of benzene rings is 1. The van der Waals surface area contributed by atoms with Crippen LogP contribution in [0.25, 0.3) is 0 Å². The van der Waals surface area contributed by atoms with Crippen molar-refractivity contribution in [2.75, 3.05) is 23.7 Å². The molecule has 1 aromatic carbocycles. The van der Waals surface area contributed by atoms with Gasteiger partial charge in [0.25, 0.3) is 5.91 Å². The third-order valence-electron chi connectivity index (χ3n) is 3.50. The van der Waals surface area contributed by atoms with Gasteiger partial charge in [0.2, 0.25) is 0 Å². The number of rotatable bonds is 6. The van der Waals surface area contributed by atoms with Gasteiger partial charge in [-0.05, 0) is 37.0 Å². The molecule has 0 aliphatic heterocycles. The SMILES string of the molecule is Cl.NC(=NCCCCc1ccc(N)cc1)NC(=O)c1nc(Cl)c(N)nc1N. The van der Waals surface area contributed by atoms with Gasteiger partial charge in [-0.1, -0.05) is 23.7 Å². The number of aryl methyl sites for hydroxylation is 1. The van der Waals surface area contributed by atoms with E-state index >= 15 is 0 Å². The van der Waals surface area contributed by atoms with Crippen LogP contribution in [0.2, 0.25) is 5.15 Å². The Kier molecular flexibility index (Phi) is 8.57. The summed E-state index contributed by atoms with van der Waals surface area (Å²) in [6.07, 6.45) is 2.66. The van der Waals surface area contributed by atoms with Crippen molar-refractivity contribution in [2.45, 2.75) is 19.3 Å². The number of carbonyl (C=O) groups excluding carboxylic acids is 1. The van der Waals surface area contributed by atoms with Crippen molar-refractivity contribution in [3.05, 3.63) is 40.7 Å². The maximum absolute atomic E-state index is 12.1. The molecule has 0 saturated heterocycles. The van der Waals surface area contributed by atoms with Gasteiger partial charge in [0.1, 0.15) is 0 Å². The van der Waals surface area contributed by atoms with E-state index in [-0.39, 0.29) is 40.8 Å². The first-order valence-electron chi connectivity index (χ1n) is 7.91. The zero-order valence-corrected chi connectivity index (χ0v) is 16.1. The molecule has 0 spiro atoms. The predicted molar refractivity (Wildman–Crippen MR) is 111 cm³/mol. The topological polar surface area (TPSA) is 171 Å². The molecule has 0 aliphatic rings. The summed E-state index contributed by atoms with van der Waals surface area (Å²) >= 11 is 5.74. The lowest BCUT2D eigenvalue weighted by Gasteiger charge is -2.07. The Labute approximate surface area is 168 Å². The summed E-state index contributed by atoms with van der Waals surface area (Å²) < 4.78 is 0. The largest absolute Gasteiger partial charge is 0.399 e. The number of aliphatic imine (C=N–C) groups is 1. The minimum Gasteiger partial charge on any atom is -0.399 e. The van der Waals surface area contributed by atoms with Crippen LogP contribution < -0.4 is 28.3 Å². The van der Waals surface area contributed by atoms with Gasteiger partial charge in [0.15, 0.2) is 28.4 Å². The van der Waals surface area contributed by atoms with Gasteiger partial charge in [0, 0.05) is 12.2 Å². The van der Waals surface area contributed by atoms with E-state index in [0.717, 1.165) is 24.9 Å². The van der Waals surface area contributed by atoms with Crippen molar-refractivity contribution < 1.29 is 4.79 Å². The first-order valence-corrected chi connectivity index (χ1v) is 8.28. The fourth-order valence-corrected chi connectivity index (χ4v) is 2.28. The number of carbonyl (C=O) groups is 1. The molecule has 0 bridgehead atoms. The number of anilines is 3. The van der Waals surface area contributed by atoms with E-state index in [1.807, 2.05) is 24.3 Å². The van der Waals surface area contributed by atoms with Gasteiger partial charge in [0.05, 0.1) is 0 Å². The molecule has 2 rings (SSSR count). The molecule has 0 radical (unpaired) electrons. The Hall–Kier alpha value is -2.78. The summed E-state index contributed by atoms with van der Waals surface area (Å²) in [5, 5.41) is 2.28. The monoisotopic (exact) mass is 412 g/mol. The summed E-state index contributed by atoms with van der Waals surface area (Å²) in [7, 11) is 0. The zero-order valence-electron chi connectivity index (χ0n) is 14.5. The van der Waals surface area contributed by atoms with Crippen LogP contribution in [0.3, 0.4) is 0 Å². The van der Waals surface area contributed by atoms with Crippen molar-refractivity contribution >= 4 is 53.2 Å². The second-order valence-electron chi connectivity index (χ2n) is 5.55. The standard InChI is InChI=1S/C16H21ClN8O.ClH/c17-12-14(20)24-13(19)11(23-12)15(26)25-16(21)22-8-2-1-3-9-4-6-10(18)7-5-9;/h4-7H,1-3,8,18H2,(H4,19,20,24)(H3,21,22,25,26);1H. The fraction of sp³-hybridized carbons (Fsp3) is 0.250. The highest BCUT2D eigenvalue weighted by molar-refractivity contribution is 6.31. The van der Waals surface area contributed by atoms with Crippen LogP contribution in [0.15, 0.2) is 29.3 Å². The number of halogens is 2. The molecule has 1 amide bonds. The molecule has 0 atom stereocenters. The highest BCUT2D eigenvalue weighted by Crippen LogP contribution is 2.17. The maximum Gasteiger partial charge on any atom is 0.280 e. The van der Waals surface area contributed by atoms with E-state index in [2.05, 4.69) is 20.3 Å². The van der Waals surface area contributed by atoms with Crippen molar-refractivity contribution in [1.82, 2.24) is 15.3 Å². The number of guanidine groups is 1. The van der Waals surface area contributed by atoms with Crippen LogP contribution in [-0.2, 0) is 6.42 Å². The third kappa shape index (κ3) is 6.80. The number of hydrogen-bond donors (Lipinski definition) is 5. The molecule has 11 heteroatoms. The Morgan fingerprint density at radius 1 is 1.07 bits per heavy atom. The molecule has 9 nitrogen and oxygen atoms in total. The van der Waals surface area contributed by atoms with Crippen molar-refractivity contribution in [3.8, 4) is 0 Å². The predicted octanol–water partition coefficient (Wildman–Crippen LogP) is 1.37. The number of nitrogens with zero attached hydrogens (tertiary/aromatic N) is 3. The molecule has 1 aromatic heterocycles. The molecule has 0 fully saturated rings. The molecule has 0 unspecified atom stereocenters. The van der Waals surface area contributed by atoms with E-state index in [0.29, 0.717) is 6.54 Å². The number of nitrogens with one attached hydrogen (secondary N) is 1. The van der Waals surface area contributed by atoms with E-state index in [9.17, 15) is 4.79 Å². The van der Waals surface area contributed by atoms with E-state index in [1.165, 1.54) is 5.56 Å². The highest BCUT2D eigenvalue weighted by atomic mass is 35.5. The van der Waals surface area contributed by atoms with Gasteiger partial charge in [-0.3, -0.25) is 15.1 Å². The molecular formula is C16H22Cl2N8O. The van der Waals surface area contributed by atoms with Gasteiger partial charge in [-0.2, -0.15) is 0 Å². The smallest absolute Gasteiger partial charge is 0.280 e. The van der Waals surface area contributed by atoms with Gasteiger partial charge in [-0.15, -0.1) is 12.4 Å². The molecule has 1 heterocycles. The lowest BCUT2D eigenvalue weighted by molar-refractivity contribution is 0.0972. The number of amides is 1. The molecule has 0 saturated carbocycles. The summed E-state index contributed by atoms with van der Waals surface area (Å²) in [6, 6.07) is 7.74. The molecule has 9 N–H and O–H groups in total. The van der Waals surface area contributed by atoms with Crippen molar-refractivity contribution in [1.29, 1.82) is 0 Å². The number of nitrogen functional groups attached to an aromatic ring is 3. The van der Waals surface area contributed by atoms with Crippen molar-refractivity contribution in [3.63, 3.8) is 0 Å². The quantitative estimate of drug-likeness (QED) is 0.206. The Balaban J connectivity index is 0.00000364. The minimum absolute atomic E-state index is 0. The fourth-order valence-electron chi connectivity index (χ4n) is 2.15. The summed E-state index contributed by atoms with van der Waals surface area (Å²) in [6.45, 7) is 0.477. The van der Waals surface area contributed by atoms with Crippen LogP contribution >= 0.6 is 24.0 Å². The van der Waals surface area contributed by atoms with Crippen LogP contribution in [0.1, 0.15) is 28.9 Å². The first kappa shape index (κ1) is 22.3. The van der Waals surface area contributed by atoms with Crippen LogP contribution in [0.5, 0.6) is 0 Å². The van der Waals surface area contributed by atoms with Crippen LogP contribution in [0, 0.1) is 0 Å². The van der Waals surface area contributed by atoms with E-state index in [1.54, 1.807) is 0 Å². The average molecular weight is 413 g/mol. The number of hydrogen-bond acceptors (Lipinski definition) is 7. The lowest BCUT2D eigenvalue weighted by atomic mass is 10.1. The Morgan fingerprint density at radius 2 is 1.74 bits per heavy atom. The Morgan fingerprint density at radius 3 is 2.41 bits per heavy atom. The number of unbranched alkanes of at least 4 members (excludes halogenated alkanes) is 1. The lowest BCUT2D eigenvalue weighted by Crippen LogP contribution is -2.38. The van der Waals surface area contributed by atoms with Gasteiger partial charge >= 0.3 is 0 Å². The second-order valence-corrected chi connectivity index (χ2v) is 5.91. The molecule has 2 aromatic rings. The normalized spacial score (nSPS) is 10.9. The molecular weight excluding hydrogens is 391 g/mol. The van der Waals surface area contributed by atoms with Gasteiger partial charge in [-0.25, -0.2) is 9.97 Å². The number of nitrogens with two attached hydrogens (primary N) is 4.